The normalized spacial score (nSPS) is 16.7. The molecule has 1 aliphatic heterocycles. The molecular formula is C19H26N4O2. The van der Waals surface area contributed by atoms with Crippen molar-refractivity contribution < 1.29 is 9.53 Å². The summed E-state index contributed by atoms with van der Waals surface area (Å²) in [4.78, 5) is 19.1. The number of carbonyl (C=O) groups excluding carboxylic acids is 1. The second-order valence-electron chi connectivity index (χ2n) is 6.72. The highest BCUT2D eigenvalue weighted by Crippen LogP contribution is 2.19. The number of nitrogens with one attached hydrogen (secondary N) is 1. The van der Waals surface area contributed by atoms with Gasteiger partial charge in [0.05, 0.1) is 36.5 Å². The second-order valence-corrected chi connectivity index (χ2v) is 6.72. The molecule has 1 aliphatic rings. The van der Waals surface area contributed by atoms with Gasteiger partial charge in [-0.3, -0.25) is 14.7 Å². The number of nitrogens with two attached hydrogens (primary N) is 1. The number of nitrogen functional groups attached to an aromatic ring is 1. The summed E-state index contributed by atoms with van der Waals surface area (Å²) in [6.07, 6.45) is 0.272. The van der Waals surface area contributed by atoms with E-state index in [1.165, 1.54) is 0 Å². The molecule has 25 heavy (non-hydrogen) atoms. The van der Waals surface area contributed by atoms with Crippen LogP contribution in [0.5, 0.6) is 0 Å². The molecule has 0 radical (unpaired) electrons. The van der Waals surface area contributed by atoms with Crippen molar-refractivity contribution >= 4 is 22.5 Å². The van der Waals surface area contributed by atoms with Gasteiger partial charge in [-0.15, -0.1) is 0 Å². The van der Waals surface area contributed by atoms with Crippen molar-refractivity contribution in [3.05, 3.63) is 36.0 Å². The highest BCUT2D eigenvalue weighted by Gasteiger charge is 2.14. The molecule has 0 saturated carbocycles. The Balaban J connectivity index is 1.49. The molecule has 2 aromatic rings. The Hall–Kier alpha value is -2.18. The second kappa shape index (κ2) is 8.27. The average molecular weight is 342 g/mol. The van der Waals surface area contributed by atoms with Gasteiger partial charge in [0.15, 0.2) is 0 Å². The number of pyridine rings is 1. The van der Waals surface area contributed by atoms with Crippen molar-refractivity contribution in [1.82, 2.24) is 15.2 Å². The van der Waals surface area contributed by atoms with Crippen LogP contribution < -0.4 is 11.1 Å². The van der Waals surface area contributed by atoms with E-state index >= 15 is 0 Å². The number of nitrogens with zero attached hydrogens (tertiary/aromatic N) is 2. The summed E-state index contributed by atoms with van der Waals surface area (Å²) in [5.74, 6) is 0.400. The molecule has 134 valence electrons. The Morgan fingerprint density at radius 3 is 2.92 bits per heavy atom. The maximum atomic E-state index is 12.2. The van der Waals surface area contributed by atoms with E-state index in [-0.39, 0.29) is 12.3 Å². The molecule has 3 N–H and O–H groups in total. The number of morpholine rings is 1. The van der Waals surface area contributed by atoms with Crippen LogP contribution in [0.2, 0.25) is 0 Å². The van der Waals surface area contributed by atoms with Gasteiger partial charge in [-0.1, -0.05) is 25.1 Å². The van der Waals surface area contributed by atoms with Crippen LogP contribution in [0.1, 0.15) is 12.6 Å². The van der Waals surface area contributed by atoms with Gasteiger partial charge >= 0.3 is 0 Å². The molecule has 1 atom stereocenters. The number of fused-ring (bicyclic) bond motifs is 1. The number of carbonyl (C=O) groups is 1. The van der Waals surface area contributed by atoms with E-state index in [1.54, 1.807) is 0 Å². The fraction of sp³-hybridized carbons (Fsp3) is 0.474. The van der Waals surface area contributed by atoms with Crippen molar-refractivity contribution in [3.8, 4) is 0 Å². The smallest absolute Gasteiger partial charge is 0.226 e. The van der Waals surface area contributed by atoms with E-state index in [9.17, 15) is 4.79 Å². The third-order valence-electron chi connectivity index (χ3n) is 4.47. The van der Waals surface area contributed by atoms with Gasteiger partial charge < -0.3 is 15.8 Å². The van der Waals surface area contributed by atoms with Crippen LogP contribution in [0.25, 0.3) is 10.9 Å². The molecule has 1 amide bonds. The fourth-order valence-corrected chi connectivity index (χ4v) is 3.11. The number of rotatable bonds is 6. The first-order chi connectivity index (χ1) is 12.1. The van der Waals surface area contributed by atoms with Gasteiger partial charge in [-0.05, 0) is 18.1 Å². The molecule has 0 spiro atoms. The first kappa shape index (κ1) is 17.6. The van der Waals surface area contributed by atoms with Crippen molar-refractivity contribution in [1.29, 1.82) is 0 Å². The fourth-order valence-electron chi connectivity index (χ4n) is 3.11. The lowest BCUT2D eigenvalue weighted by atomic mass is 10.1. The van der Waals surface area contributed by atoms with Gasteiger partial charge in [-0.2, -0.15) is 0 Å². The molecule has 0 aliphatic carbocycles. The predicted octanol–water partition coefficient (Wildman–Crippen LogP) is 1.44. The summed E-state index contributed by atoms with van der Waals surface area (Å²) >= 11 is 0. The van der Waals surface area contributed by atoms with E-state index in [0.717, 1.165) is 49.4 Å². The van der Waals surface area contributed by atoms with Crippen molar-refractivity contribution in [2.75, 3.05) is 45.1 Å². The lowest BCUT2D eigenvalue weighted by Crippen LogP contribution is -2.41. The van der Waals surface area contributed by atoms with E-state index in [1.807, 2.05) is 30.3 Å². The minimum atomic E-state index is -0.00446. The lowest BCUT2D eigenvalue weighted by molar-refractivity contribution is -0.120. The Labute approximate surface area is 148 Å². The number of amides is 1. The van der Waals surface area contributed by atoms with Crippen LogP contribution in [0.4, 0.5) is 5.69 Å². The average Bonchev–Trinajstić information content (AvgIpc) is 2.62. The summed E-state index contributed by atoms with van der Waals surface area (Å²) in [6.45, 7) is 7.36. The molecule has 6 nitrogen and oxygen atoms in total. The van der Waals surface area contributed by atoms with Crippen molar-refractivity contribution in [3.63, 3.8) is 0 Å². The predicted molar refractivity (Wildman–Crippen MR) is 99.3 cm³/mol. The lowest BCUT2D eigenvalue weighted by Gasteiger charge is -2.29. The standard InChI is InChI=1S/C19H26N4O2/c1-14(13-23-7-9-25-10-8-23)12-21-18(24)11-16-6-5-15-3-2-4-17(20)19(15)22-16/h2-6,14H,7-13,20H2,1H3,(H,21,24). The maximum Gasteiger partial charge on any atom is 0.226 e. The number of benzene rings is 1. The quantitative estimate of drug-likeness (QED) is 0.777. The molecule has 6 heteroatoms. The monoisotopic (exact) mass is 342 g/mol. The minimum absolute atomic E-state index is 0.00446. The van der Waals surface area contributed by atoms with Gasteiger partial charge in [-0.25, -0.2) is 0 Å². The minimum Gasteiger partial charge on any atom is -0.397 e. The zero-order valence-corrected chi connectivity index (χ0v) is 14.7. The van der Waals surface area contributed by atoms with Gasteiger partial charge in [0.1, 0.15) is 0 Å². The van der Waals surface area contributed by atoms with Gasteiger partial charge in [0, 0.05) is 31.6 Å². The highest BCUT2D eigenvalue weighted by atomic mass is 16.5. The third-order valence-corrected chi connectivity index (χ3v) is 4.47. The van der Waals surface area contributed by atoms with Crippen LogP contribution in [0.3, 0.4) is 0 Å². The molecule has 0 bridgehead atoms. The van der Waals surface area contributed by atoms with Gasteiger partial charge in [0.25, 0.3) is 0 Å². The van der Waals surface area contributed by atoms with E-state index < -0.39 is 0 Å². The number of ether oxygens (including phenoxy) is 1. The first-order valence-electron chi connectivity index (χ1n) is 8.83. The molecule has 1 saturated heterocycles. The number of anilines is 1. The van der Waals surface area contributed by atoms with Crippen LogP contribution >= 0.6 is 0 Å². The van der Waals surface area contributed by atoms with E-state index in [4.69, 9.17) is 10.5 Å². The first-order valence-corrected chi connectivity index (χ1v) is 8.83. The largest absolute Gasteiger partial charge is 0.397 e. The summed E-state index contributed by atoms with van der Waals surface area (Å²) in [6, 6.07) is 9.55. The Morgan fingerprint density at radius 1 is 1.32 bits per heavy atom. The van der Waals surface area contributed by atoms with Gasteiger partial charge in [0.2, 0.25) is 5.91 Å². The van der Waals surface area contributed by atoms with Crippen LogP contribution in [0.15, 0.2) is 30.3 Å². The Morgan fingerprint density at radius 2 is 2.12 bits per heavy atom. The van der Waals surface area contributed by atoms with Crippen molar-refractivity contribution in [2.24, 2.45) is 5.92 Å². The molecule has 2 heterocycles. The van der Waals surface area contributed by atoms with Crippen LogP contribution in [0, 0.1) is 5.92 Å². The number of hydrogen-bond acceptors (Lipinski definition) is 5. The highest BCUT2D eigenvalue weighted by molar-refractivity contribution is 5.89. The topological polar surface area (TPSA) is 80.5 Å². The molecule has 1 unspecified atom stereocenters. The third kappa shape index (κ3) is 4.90. The summed E-state index contributed by atoms with van der Waals surface area (Å²) in [7, 11) is 0. The van der Waals surface area contributed by atoms with Crippen LogP contribution in [-0.2, 0) is 16.0 Å². The summed E-state index contributed by atoms with van der Waals surface area (Å²) in [5, 5.41) is 4.00. The molecule has 1 aromatic heterocycles. The van der Waals surface area contributed by atoms with E-state index in [0.29, 0.717) is 18.2 Å². The summed E-state index contributed by atoms with van der Waals surface area (Å²) in [5.41, 5.74) is 8.10. The molecule has 1 aromatic carbocycles. The SMILES string of the molecule is CC(CNC(=O)Cc1ccc2cccc(N)c2n1)CN1CCOCC1. The number of para-hydroxylation sites is 1. The summed E-state index contributed by atoms with van der Waals surface area (Å²) < 4.78 is 5.36. The van der Waals surface area contributed by atoms with Crippen LogP contribution in [-0.4, -0.2) is 55.2 Å². The van der Waals surface area contributed by atoms with Crippen molar-refractivity contribution in [2.45, 2.75) is 13.3 Å². The molecular weight excluding hydrogens is 316 g/mol. The Kier molecular flexibility index (Phi) is 5.83. The zero-order chi connectivity index (χ0) is 17.6. The number of hydrogen-bond donors (Lipinski definition) is 2. The maximum absolute atomic E-state index is 12.2. The van der Waals surface area contributed by atoms with E-state index in [2.05, 4.69) is 22.1 Å². The molecule has 3 rings (SSSR count). The zero-order valence-electron chi connectivity index (χ0n) is 14.7. The number of aromatic nitrogens is 1. The molecule has 1 fully saturated rings. The Bertz CT molecular complexity index is 728.